The predicted octanol–water partition coefficient (Wildman–Crippen LogP) is 0.917. The highest BCUT2D eigenvalue weighted by molar-refractivity contribution is 6.18. The van der Waals surface area contributed by atoms with Gasteiger partial charge in [-0.2, -0.15) is 0 Å². The number of hydrogen-bond donors (Lipinski definition) is 0. The second kappa shape index (κ2) is 9.53. The topological polar surface area (TPSA) is 27.7 Å². The maximum Gasteiger partial charge on any atom is 0.304 e. The minimum absolute atomic E-state index is 0.103. The van der Waals surface area contributed by atoms with Crippen LogP contribution in [0.25, 0.3) is 0 Å². The van der Waals surface area contributed by atoms with E-state index in [2.05, 4.69) is 20.8 Å². The van der Waals surface area contributed by atoms with Gasteiger partial charge >= 0.3 is 10.0 Å². The Kier molecular flexibility index (Phi) is 11.2. The quantitative estimate of drug-likeness (QED) is 0.696. The molecule has 15 heavy (non-hydrogen) atoms. The molecule has 0 fully saturated rings. The van der Waals surface area contributed by atoms with Gasteiger partial charge in [0.1, 0.15) is 10.5 Å². The molecule has 94 valence electrons. The van der Waals surface area contributed by atoms with Crippen molar-refractivity contribution < 1.29 is 13.3 Å². The first-order chi connectivity index (χ1) is 6.69. The monoisotopic (exact) mass is 252 g/mol. The maximum absolute atomic E-state index is 5.27. The Morgan fingerprint density at radius 3 is 1.33 bits per heavy atom. The Morgan fingerprint density at radius 2 is 1.20 bits per heavy atom. The van der Waals surface area contributed by atoms with E-state index in [4.69, 9.17) is 13.3 Å². The molecule has 0 aliphatic carbocycles. The first-order valence-electron chi connectivity index (χ1n) is 5.47. The lowest BCUT2D eigenvalue weighted by molar-refractivity contribution is 0.146. The Morgan fingerprint density at radius 1 is 0.933 bits per heavy atom. The lowest BCUT2D eigenvalue weighted by Gasteiger charge is -2.15. The Balaban J connectivity index is 0. The predicted molar refractivity (Wildman–Crippen MR) is 71.8 cm³/mol. The first kappa shape index (κ1) is 17.7. The minimum Gasteiger partial charge on any atom is -0.423 e. The lowest BCUT2D eigenvalue weighted by Crippen LogP contribution is -2.16. The van der Waals surface area contributed by atoms with Crippen molar-refractivity contribution >= 4 is 20.5 Å². The molecule has 0 saturated carbocycles. The highest BCUT2D eigenvalue weighted by Gasteiger charge is 2.03. The van der Waals surface area contributed by atoms with E-state index >= 15 is 0 Å². The van der Waals surface area contributed by atoms with E-state index in [9.17, 15) is 0 Å². The van der Waals surface area contributed by atoms with Gasteiger partial charge in [0.05, 0.1) is 0 Å². The van der Waals surface area contributed by atoms with Crippen molar-refractivity contribution in [1.29, 1.82) is 0 Å². The summed E-state index contributed by atoms with van der Waals surface area (Å²) in [6.07, 6.45) is 0.658. The summed E-state index contributed by atoms with van der Waals surface area (Å²) >= 11 is 0. The van der Waals surface area contributed by atoms with Crippen molar-refractivity contribution in [2.24, 2.45) is 0 Å². The summed E-state index contributed by atoms with van der Waals surface area (Å²) in [6, 6.07) is 0. The van der Waals surface area contributed by atoms with Gasteiger partial charge in [-0.15, -0.1) is 0 Å². The van der Waals surface area contributed by atoms with Crippen molar-refractivity contribution in [2.75, 3.05) is 0 Å². The number of hydrogen-bond acceptors (Lipinski definition) is 3. The molecule has 0 atom stereocenters. The molecule has 0 aliphatic heterocycles. The fourth-order valence-corrected chi connectivity index (χ4v) is 0.934. The van der Waals surface area contributed by atoms with Crippen molar-refractivity contribution in [2.45, 2.75) is 66.3 Å². The maximum atomic E-state index is 5.27. The van der Waals surface area contributed by atoms with Crippen LogP contribution < -0.4 is 0 Å². The summed E-state index contributed by atoms with van der Waals surface area (Å²) < 4.78 is 15.6. The van der Waals surface area contributed by atoms with Crippen LogP contribution in [0.4, 0.5) is 0 Å². The molecular formula is C10H28O3Si2. The van der Waals surface area contributed by atoms with Crippen molar-refractivity contribution in [3.8, 4) is 0 Å². The minimum atomic E-state index is -0.684. The second-order valence-corrected chi connectivity index (χ2v) is 6.18. The molecule has 0 unspecified atom stereocenters. The molecule has 0 aliphatic rings. The smallest absolute Gasteiger partial charge is 0.304 e. The van der Waals surface area contributed by atoms with Crippen LogP contribution in [-0.4, -0.2) is 38.3 Å². The molecule has 3 nitrogen and oxygen atoms in total. The molecule has 0 aromatic rings. The fourth-order valence-electron chi connectivity index (χ4n) is 0.311. The average Bonchev–Trinajstić information content (AvgIpc) is 2.02. The van der Waals surface area contributed by atoms with E-state index in [1.807, 2.05) is 27.7 Å². The van der Waals surface area contributed by atoms with Gasteiger partial charge in [-0.1, -0.05) is 0 Å². The van der Waals surface area contributed by atoms with Crippen LogP contribution in [0.3, 0.4) is 0 Å². The molecule has 0 rings (SSSR count). The van der Waals surface area contributed by atoms with Crippen LogP contribution in [0.5, 0.6) is 0 Å². The SMILES string of the molecule is CC(C)(C)O[SiH3].CC(C)O[SiH2]OC(C)C. The zero-order chi connectivity index (χ0) is 12.5. The zero-order valence-electron chi connectivity index (χ0n) is 11.6. The van der Waals surface area contributed by atoms with Crippen LogP contribution in [0, 0.1) is 0 Å². The highest BCUT2D eigenvalue weighted by atomic mass is 28.3. The van der Waals surface area contributed by atoms with Gasteiger partial charge in [0.2, 0.25) is 0 Å². The van der Waals surface area contributed by atoms with Gasteiger partial charge in [0.15, 0.2) is 0 Å². The normalized spacial score (nSPS) is 11.8. The van der Waals surface area contributed by atoms with Gasteiger partial charge in [0, 0.05) is 17.8 Å². The Hall–Kier alpha value is 0.314. The summed E-state index contributed by atoms with van der Waals surface area (Å²) in [6.45, 7) is 14.3. The van der Waals surface area contributed by atoms with Crippen LogP contribution >= 0.6 is 0 Å². The molecule has 0 spiro atoms. The van der Waals surface area contributed by atoms with Gasteiger partial charge in [0.25, 0.3) is 0 Å². The van der Waals surface area contributed by atoms with E-state index < -0.39 is 10.0 Å². The molecule has 0 aromatic heterocycles. The summed E-state index contributed by atoms with van der Waals surface area (Å²) in [5.41, 5.74) is 0.103. The van der Waals surface area contributed by atoms with E-state index in [-0.39, 0.29) is 5.60 Å². The molecular weight excluding hydrogens is 224 g/mol. The van der Waals surface area contributed by atoms with E-state index in [1.165, 1.54) is 0 Å². The fraction of sp³-hybridized carbons (Fsp3) is 1.00. The zero-order valence-corrected chi connectivity index (χ0v) is 15.0. The summed E-state index contributed by atoms with van der Waals surface area (Å²) in [5.74, 6) is 0. The molecule has 0 bridgehead atoms. The van der Waals surface area contributed by atoms with Gasteiger partial charge in [-0.25, -0.2) is 0 Å². The summed E-state index contributed by atoms with van der Waals surface area (Å²) in [4.78, 5) is 0. The van der Waals surface area contributed by atoms with Crippen LogP contribution in [0.2, 0.25) is 0 Å². The molecule has 0 radical (unpaired) electrons. The average molecular weight is 253 g/mol. The summed E-state index contributed by atoms with van der Waals surface area (Å²) in [5, 5.41) is 0. The van der Waals surface area contributed by atoms with Crippen LogP contribution in [0.1, 0.15) is 48.5 Å². The van der Waals surface area contributed by atoms with Crippen LogP contribution in [0.15, 0.2) is 0 Å². The number of rotatable bonds is 4. The standard InChI is InChI=1S/C6H16O2Si.C4H12OSi/c1-5(2)7-9-8-6(3)4;1-4(2,3)5-6/h5-6H,9H2,1-4H3;1-3,6H3. The van der Waals surface area contributed by atoms with Crippen molar-refractivity contribution in [1.82, 2.24) is 0 Å². The van der Waals surface area contributed by atoms with Gasteiger partial charge in [-0.3, -0.25) is 0 Å². The molecule has 5 heteroatoms. The Labute approximate surface area is 100 Å². The molecule has 0 heterocycles. The van der Waals surface area contributed by atoms with Gasteiger partial charge in [-0.05, 0) is 48.5 Å². The molecule has 0 aromatic carbocycles. The Bertz CT molecular complexity index is 125. The highest BCUT2D eigenvalue weighted by Crippen LogP contribution is 2.01. The third-order valence-electron chi connectivity index (χ3n) is 1.42. The third kappa shape index (κ3) is 25.0. The van der Waals surface area contributed by atoms with E-state index in [1.54, 1.807) is 0 Å². The summed E-state index contributed by atoms with van der Waals surface area (Å²) in [7, 11) is 0.164. The molecule has 0 saturated heterocycles. The van der Waals surface area contributed by atoms with Crippen LogP contribution in [-0.2, 0) is 13.3 Å². The molecule has 0 amide bonds. The largest absolute Gasteiger partial charge is 0.423 e. The first-order valence-corrected chi connectivity index (χ1v) is 7.44. The second-order valence-electron chi connectivity index (χ2n) is 4.87. The lowest BCUT2D eigenvalue weighted by atomic mass is 10.2. The van der Waals surface area contributed by atoms with E-state index in [0.717, 1.165) is 10.5 Å². The van der Waals surface area contributed by atoms with Crippen molar-refractivity contribution in [3.63, 3.8) is 0 Å². The van der Waals surface area contributed by atoms with Crippen molar-refractivity contribution in [3.05, 3.63) is 0 Å². The van der Waals surface area contributed by atoms with Gasteiger partial charge < -0.3 is 13.3 Å². The third-order valence-corrected chi connectivity index (χ3v) is 4.25. The van der Waals surface area contributed by atoms with E-state index in [0.29, 0.717) is 12.2 Å². The molecule has 0 N–H and O–H groups in total.